The molecule has 2 heteroatoms. The third-order valence-corrected chi connectivity index (χ3v) is 4.28. The second kappa shape index (κ2) is 6.88. The van der Waals surface area contributed by atoms with E-state index in [1.54, 1.807) is 5.06 Å². The van der Waals surface area contributed by atoms with E-state index >= 15 is 0 Å². The standard InChI is InChI=1S/C17H27NO/c1-5-10-16(11-6-2)14-9-15-17(12-7-3,13-8-4)18(16)19/h5-8,19H,1-4,9-15H2. The second-order valence-electron chi connectivity index (χ2n) is 5.59. The van der Waals surface area contributed by atoms with Crippen LogP contribution in [0.15, 0.2) is 50.6 Å². The van der Waals surface area contributed by atoms with E-state index in [1.807, 2.05) is 24.3 Å². The molecule has 0 atom stereocenters. The van der Waals surface area contributed by atoms with Gasteiger partial charge in [-0.05, 0) is 44.9 Å². The van der Waals surface area contributed by atoms with Crippen LogP contribution in [0.3, 0.4) is 0 Å². The molecule has 1 rings (SSSR count). The maximum atomic E-state index is 10.9. The molecule has 1 heterocycles. The Morgan fingerprint density at radius 3 is 1.37 bits per heavy atom. The zero-order chi connectivity index (χ0) is 14.4. The Morgan fingerprint density at radius 1 is 0.789 bits per heavy atom. The molecule has 0 aliphatic carbocycles. The molecule has 19 heavy (non-hydrogen) atoms. The van der Waals surface area contributed by atoms with Crippen molar-refractivity contribution in [3.63, 3.8) is 0 Å². The Kier molecular flexibility index (Phi) is 5.77. The summed E-state index contributed by atoms with van der Waals surface area (Å²) in [4.78, 5) is 0. The lowest BCUT2D eigenvalue weighted by Gasteiger charge is -2.54. The zero-order valence-electron chi connectivity index (χ0n) is 12.0. The van der Waals surface area contributed by atoms with Crippen molar-refractivity contribution in [2.45, 2.75) is 56.0 Å². The van der Waals surface area contributed by atoms with Crippen molar-refractivity contribution < 1.29 is 5.21 Å². The number of nitrogens with zero attached hydrogens (tertiary/aromatic N) is 1. The molecule has 0 aromatic heterocycles. The number of hydroxylamine groups is 2. The van der Waals surface area contributed by atoms with E-state index in [2.05, 4.69) is 26.3 Å². The number of piperidine rings is 1. The Balaban J connectivity index is 3.13. The highest BCUT2D eigenvalue weighted by molar-refractivity contribution is 5.09. The third-order valence-electron chi connectivity index (χ3n) is 4.28. The summed E-state index contributed by atoms with van der Waals surface area (Å²) in [5, 5.41) is 12.5. The SMILES string of the molecule is C=CCC1(CC=C)CCCC(CC=C)(CC=C)N1O. The lowest BCUT2D eigenvalue weighted by molar-refractivity contribution is -0.260. The molecule has 1 saturated heterocycles. The van der Waals surface area contributed by atoms with Crippen molar-refractivity contribution >= 4 is 0 Å². The first-order valence-electron chi connectivity index (χ1n) is 7.03. The lowest BCUT2D eigenvalue weighted by Crippen LogP contribution is -2.61. The highest BCUT2D eigenvalue weighted by atomic mass is 16.5. The van der Waals surface area contributed by atoms with Gasteiger partial charge in [0.1, 0.15) is 0 Å². The molecule has 0 unspecified atom stereocenters. The van der Waals surface area contributed by atoms with Crippen molar-refractivity contribution in [1.82, 2.24) is 5.06 Å². The smallest absolute Gasteiger partial charge is 0.0535 e. The van der Waals surface area contributed by atoms with Gasteiger partial charge in [0, 0.05) is 0 Å². The van der Waals surface area contributed by atoms with Gasteiger partial charge < -0.3 is 5.21 Å². The summed E-state index contributed by atoms with van der Waals surface area (Å²) in [6, 6.07) is 0. The minimum atomic E-state index is -0.270. The highest BCUT2D eigenvalue weighted by Crippen LogP contribution is 2.45. The summed E-state index contributed by atoms with van der Waals surface area (Å²) < 4.78 is 0. The Labute approximate surface area is 117 Å². The third kappa shape index (κ3) is 3.07. The molecule has 1 fully saturated rings. The van der Waals surface area contributed by atoms with Gasteiger partial charge in [-0.15, -0.1) is 26.3 Å². The Bertz CT molecular complexity index is 293. The van der Waals surface area contributed by atoms with Crippen LogP contribution in [0, 0.1) is 0 Å². The van der Waals surface area contributed by atoms with E-state index in [0.717, 1.165) is 44.9 Å². The largest absolute Gasteiger partial charge is 0.313 e. The summed E-state index contributed by atoms with van der Waals surface area (Å²) in [6.45, 7) is 15.4. The minimum absolute atomic E-state index is 0.270. The molecule has 0 spiro atoms. The maximum absolute atomic E-state index is 10.9. The molecule has 0 aromatic carbocycles. The summed E-state index contributed by atoms with van der Waals surface area (Å²) in [6.07, 6.45) is 13.7. The number of hydrogen-bond acceptors (Lipinski definition) is 2. The average Bonchev–Trinajstić information content (AvgIpc) is 2.37. The summed E-state index contributed by atoms with van der Waals surface area (Å²) >= 11 is 0. The van der Waals surface area contributed by atoms with E-state index < -0.39 is 0 Å². The van der Waals surface area contributed by atoms with E-state index in [9.17, 15) is 5.21 Å². The van der Waals surface area contributed by atoms with Gasteiger partial charge >= 0.3 is 0 Å². The van der Waals surface area contributed by atoms with Crippen molar-refractivity contribution in [1.29, 1.82) is 0 Å². The van der Waals surface area contributed by atoms with Crippen molar-refractivity contribution in [3.8, 4) is 0 Å². The van der Waals surface area contributed by atoms with Crippen molar-refractivity contribution in [2.24, 2.45) is 0 Å². The topological polar surface area (TPSA) is 23.5 Å². The normalized spacial score (nSPS) is 21.5. The predicted molar refractivity (Wildman–Crippen MR) is 82.2 cm³/mol. The highest BCUT2D eigenvalue weighted by Gasteiger charge is 2.48. The molecular formula is C17H27NO. The summed E-state index contributed by atoms with van der Waals surface area (Å²) in [5.41, 5.74) is -0.540. The monoisotopic (exact) mass is 261 g/mol. The first-order chi connectivity index (χ1) is 9.10. The molecule has 1 aliphatic rings. The van der Waals surface area contributed by atoms with Crippen LogP contribution in [-0.4, -0.2) is 21.3 Å². The van der Waals surface area contributed by atoms with Gasteiger partial charge in [-0.2, -0.15) is 5.06 Å². The quantitative estimate of drug-likeness (QED) is 0.643. The molecule has 106 valence electrons. The van der Waals surface area contributed by atoms with Gasteiger partial charge in [-0.25, -0.2) is 0 Å². The summed E-state index contributed by atoms with van der Waals surface area (Å²) in [7, 11) is 0. The van der Waals surface area contributed by atoms with Crippen molar-refractivity contribution in [3.05, 3.63) is 50.6 Å². The number of rotatable bonds is 8. The van der Waals surface area contributed by atoms with Crippen LogP contribution in [0.2, 0.25) is 0 Å². The van der Waals surface area contributed by atoms with Crippen LogP contribution in [0.1, 0.15) is 44.9 Å². The molecule has 0 aromatic rings. The first kappa shape index (κ1) is 15.9. The molecule has 0 amide bonds. The Morgan fingerprint density at radius 2 is 1.11 bits per heavy atom. The average molecular weight is 261 g/mol. The second-order valence-corrected chi connectivity index (χ2v) is 5.59. The van der Waals surface area contributed by atoms with Crippen molar-refractivity contribution in [2.75, 3.05) is 0 Å². The number of hydrogen-bond donors (Lipinski definition) is 1. The molecule has 1 aliphatic heterocycles. The molecule has 2 nitrogen and oxygen atoms in total. The van der Waals surface area contributed by atoms with Gasteiger partial charge in [-0.1, -0.05) is 24.3 Å². The molecule has 0 bridgehead atoms. The maximum Gasteiger partial charge on any atom is 0.0535 e. The molecule has 0 saturated carbocycles. The fourth-order valence-electron chi connectivity index (χ4n) is 3.46. The van der Waals surface area contributed by atoms with Crippen LogP contribution >= 0.6 is 0 Å². The first-order valence-corrected chi connectivity index (χ1v) is 7.03. The van der Waals surface area contributed by atoms with Gasteiger partial charge in [0.25, 0.3) is 0 Å². The van der Waals surface area contributed by atoms with Crippen LogP contribution < -0.4 is 0 Å². The lowest BCUT2D eigenvalue weighted by atomic mass is 9.72. The molecular weight excluding hydrogens is 234 g/mol. The van der Waals surface area contributed by atoms with E-state index in [0.29, 0.717) is 0 Å². The van der Waals surface area contributed by atoms with Crippen LogP contribution in [0.25, 0.3) is 0 Å². The van der Waals surface area contributed by atoms with Gasteiger partial charge in [0.05, 0.1) is 11.1 Å². The van der Waals surface area contributed by atoms with E-state index in [1.165, 1.54) is 0 Å². The fourth-order valence-corrected chi connectivity index (χ4v) is 3.46. The van der Waals surface area contributed by atoms with Crippen LogP contribution in [0.4, 0.5) is 0 Å². The fraction of sp³-hybridized carbons (Fsp3) is 0.529. The molecule has 1 N–H and O–H groups in total. The van der Waals surface area contributed by atoms with Gasteiger partial charge in [0.15, 0.2) is 0 Å². The zero-order valence-corrected chi connectivity index (χ0v) is 12.0. The minimum Gasteiger partial charge on any atom is -0.313 e. The molecule has 0 radical (unpaired) electrons. The van der Waals surface area contributed by atoms with Gasteiger partial charge in [-0.3, -0.25) is 0 Å². The predicted octanol–water partition coefficient (Wildman–Crippen LogP) is 4.64. The van der Waals surface area contributed by atoms with Crippen LogP contribution in [0.5, 0.6) is 0 Å². The van der Waals surface area contributed by atoms with E-state index in [4.69, 9.17) is 0 Å². The van der Waals surface area contributed by atoms with Gasteiger partial charge in [0.2, 0.25) is 0 Å². The Hall–Kier alpha value is -1.12. The van der Waals surface area contributed by atoms with E-state index in [-0.39, 0.29) is 11.1 Å². The van der Waals surface area contributed by atoms with Crippen LogP contribution in [-0.2, 0) is 0 Å². The summed E-state index contributed by atoms with van der Waals surface area (Å²) in [5.74, 6) is 0.